The Kier molecular flexibility index (Phi) is 7.44. The first-order valence-electron chi connectivity index (χ1n) is 14.7. The van der Waals surface area contributed by atoms with Gasteiger partial charge in [0.2, 0.25) is 5.95 Å². The van der Waals surface area contributed by atoms with E-state index >= 15 is 0 Å². The van der Waals surface area contributed by atoms with E-state index in [0.29, 0.717) is 45.6 Å². The molecule has 2 aliphatic heterocycles. The summed E-state index contributed by atoms with van der Waals surface area (Å²) in [7, 11) is -3.63. The average molecular weight is 609 g/mol. The van der Waals surface area contributed by atoms with E-state index in [4.69, 9.17) is 4.98 Å². The molecule has 0 saturated carbocycles. The normalized spacial score (nSPS) is 19.2. The molecule has 1 fully saturated rings. The zero-order chi connectivity index (χ0) is 30.1. The van der Waals surface area contributed by atoms with Crippen LogP contribution in [0.3, 0.4) is 0 Å². The summed E-state index contributed by atoms with van der Waals surface area (Å²) in [5, 5.41) is 14.0. The average Bonchev–Trinajstić information content (AvgIpc) is 3.03. The Labute approximate surface area is 254 Å². The van der Waals surface area contributed by atoms with Crippen molar-refractivity contribution in [1.29, 1.82) is 0 Å². The first kappa shape index (κ1) is 28.0. The van der Waals surface area contributed by atoms with Crippen molar-refractivity contribution in [3.63, 3.8) is 0 Å². The maximum atomic E-state index is 14.1. The summed E-state index contributed by atoms with van der Waals surface area (Å²) in [5.41, 5.74) is 3.39. The Morgan fingerprint density at radius 2 is 1.77 bits per heavy atom. The first-order chi connectivity index (χ1) is 21.4. The Morgan fingerprint density at radius 1 is 0.932 bits per heavy atom. The van der Waals surface area contributed by atoms with Gasteiger partial charge in [0.25, 0.3) is 5.56 Å². The second-order valence-corrected chi connectivity index (χ2v) is 13.2. The Hall–Kier alpha value is -4.81. The predicted octanol–water partition coefficient (Wildman–Crippen LogP) is 4.41. The smallest absolute Gasteiger partial charge is 0.276 e. The fraction of sp³-hybridized carbons (Fsp3) is 0.250. The van der Waals surface area contributed by atoms with Crippen LogP contribution in [0.5, 0.6) is 0 Å². The molecule has 0 bridgehead atoms. The van der Waals surface area contributed by atoms with E-state index in [1.54, 1.807) is 55.0 Å². The molecule has 5 heterocycles. The second-order valence-electron chi connectivity index (χ2n) is 11.2. The Bertz CT molecular complexity index is 1980. The third-order valence-corrected chi connectivity index (χ3v) is 9.95. The highest BCUT2D eigenvalue weighted by atomic mass is 32.2. The summed E-state index contributed by atoms with van der Waals surface area (Å²) >= 11 is 0. The molecule has 12 heteroatoms. The lowest BCUT2D eigenvalue weighted by Crippen LogP contribution is -2.38. The van der Waals surface area contributed by atoms with Gasteiger partial charge in [-0.1, -0.05) is 18.2 Å². The maximum absolute atomic E-state index is 14.1. The van der Waals surface area contributed by atoms with Crippen LogP contribution in [-0.2, 0) is 16.3 Å². The quantitative estimate of drug-likeness (QED) is 0.210. The first-order valence-corrected chi connectivity index (χ1v) is 16.3. The van der Waals surface area contributed by atoms with Gasteiger partial charge < -0.3 is 21.3 Å². The molecule has 4 N–H and O–H groups in total. The van der Waals surface area contributed by atoms with Crippen molar-refractivity contribution in [1.82, 2.24) is 24.8 Å². The molecule has 224 valence electrons. The van der Waals surface area contributed by atoms with Crippen molar-refractivity contribution in [2.45, 2.75) is 36.2 Å². The molecule has 1 saturated heterocycles. The monoisotopic (exact) mass is 608 g/mol. The Morgan fingerprint density at radius 3 is 2.57 bits per heavy atom. The molecule has 44 heavy (non-hydrogen) atoms. The Balaban J connectivity index is 1.25. The standard InChI is InChI=1S/C32H32N8O3S/c41-31-28(37-26-7-4-14-34-19-26)16-22-17-35-32(38-24-11-9-23(10-12-24)36-25-6-3-13-33-18-25)39-30(22)40(31)27-15-21-5-1-2-8-29(21)44(42,43)20-27/h1-2,4-5,7-12,14,16-17,19,25,27,33,36-37H,3,6,13,15,18,20H2,(H,35,38,39). The fourth-order valence-electron chi connectivity index (χ4n) is 5.99. The van der Waals surface area contributed by atoms with Gasteiger partial charge in [0, 0.05) is 41.7 Å². The van der Waals surface area contributed by atoms with Gasteiger partial charge in [-0.25, -0.2) is 13.4 Å². The van der Waals surface area contributed by atoms with Crippen LogP contribution < -0.4 is 26.8 Å². The van der Waals surface area contributed by atoms with Crippen molar-refractivity contribution in [3.8, 4) is 0 Å². The number of benzene rings is 2. The van der Waals surface area contributed by atoms with Gasteiger partial charge in [-0.05, 0) is 79.9 Å². The lowest BCUT2D eigenvalue weighted by atomic mass is 10.1. The van der Waals surface area contributed by atoms with Crippen LogP contribution in [0.15, 0.2) is 95.0 Å². The van der Waals surface area contributed by atoms with Crippen LogP contribution in [0, 0.1) is 0 Å². The zero-order valence-electron chi connectivity index (χ0n) is 23.9. The largest absolute Gasteiger partial charge is 0.381 e. The summed E-state index contributed by atoms with van der Waals surface area (Å²) in [6.07, 6.45) is 7.57. The third kappa shape index (κ3) is 5.73. The molecule has 2 aliphatic rings. The predicted molar refractivity (Wildman–Crippen MR) is 172 cm³/mol. The maximum Gasteiger partial charge on any atom is 0.276 e. The van der Waals surface area contributed by atoms with Crippen molar-refractivity contribution < 1.29 is 8.42 Å². The zero-order valence-corrected chi connectivity index (χ0v) is 24.7. The van der Waals surface area contributed by atoms with Crippen LogP contribution in [0.4, 0.5) is 28.7 Å². The molecule has 7 rings (SSSR count). The van der Waals surface area contributed by atoms with Crippen molar-refractivity contribution in [2.75, 3.05) is 34.8 Å². The molecule has 11 nitrogen and oxygen atoms in total. The van der Waals surface area contributed by atoms with E-state index in [-0.39, 0.29) is 17.0 Å². The van der Waals surface area contributed by atoms with E-state index < -0.39 is 15.9 Å². The number of nitrogens with zero attached hydrogens (tertiary/aromatic N) is 4. The lowest BCUT2D eigenvalue weighted by Gasteiger charge is -2.27. The molecule has 5 aromatic rings. The van der Waals surface area contributed by atoms with Crippen LogP contribution in [0.1, 0.15) is 24.4 Å². The molecule has 3 aromatic heterocycles. The molecule has 0 aliphatic carbocycles. The summed E-state index contributed by atoms with van der Waals surface area (Å²) in [5.74, 6) is 0.0856. The number of sulfone groups is 1. The van der Waals surface area contributed by atoms with Crippen LogP contribution in [0.2, 0.25) is 0 Å². The number of anilines is 5. The minimum atomic E-state index is -3.63. The van der Waals surface area contributed by atoms with Crippen LogP contribution in [-0.4, -0.2) is 52.8 Å². The third-order valence-electron chi connectivity index (χ3n) is 8.06. The highest BCUT2D eigenvalue weighted by molar-refractivity contribution is 7.91. The molecule has 2 aromatic carbocycles. The molecule has 2 unspecified atom stereocenters. The molecule has 0 amide bonds. The van der Waals surface area contributed by atoms with Crippen molar-refractivity contribution >= 4 is 49.6 Å². The minimum absolute atomic E-state index is 0.215. The number of fused-ring (bicyclic) bond motifs is 2. The van der Waals surface area contributed by atoms with Gasteiger partial charge >= 0.3 is 0 Å². The van der Waals surface area contributed by atoms with Crippen molar-refractivity contribution in [3.05, 3.63) is 101 Å². The number of nitrogens with one attached hydrogen (secondary N) is 4. The lowest BCUT2D eigenvalue weighted by molar-refractivity contribution is 0.480. The van der Waals surface area contributed by atoms with E-state index in [1.165, 1.54) is 4.57 Å². The summed E-state index contributed by atoms with van der Waals surface area (Å²) in [6.45, 7) is 2.01. The van der Waals surface area contributed by atoms with Gasteiger partial charge in [-0.15, -0.1) is 0 Å². The second kappa shape index (κ2) is 11.7. The van der Waals surface area contributed by atoms with E-state index in [2.05, 4.69) is 31.2 Å². The fourth-order valence-corrected chi connectivity index (χ4v) is 7.78. The van der Waals surface area contributed by atoms with Gasteiger partial charge in [-0.3, -0.25) is 14.3 Å². The van der Waals surface area contributed by atoms with Gasteiger partial charge in [-0.2, -0.15) is 4.98 Å². The molecule has 0 radical (unpaired) electrons. The number of pyridine rings is 2. The highest BCUT2D eigenvalue weighted by Gasteiger charge is 2.33. The van der Waals surface area contributed by atoms with Gasteiger partial charge in [0.05, 0.1) is 28.6 Å². The molecular weight excluding hydrogens is 576 g/mol. The molecular formula is C32H32N8O3S. The summed E-state index contributed by atoms with van der Waals surface area (Å²) in [4.78, 5) is 27.8. The number of hydrogen-bond acceptors (Lipinski definition) is 10. The van der Waals surface area contributed by atoms with E-state index in [0.717, 1.165) is 37.3 Å². The highest BCUT2D eigenvalue weighted by Crippen LogP contribution is 2.32. The summed E-state index contributed by atoms with van der Waals surface area (Å²) in [6, 6.07) is 19.9. The van der Waals surface area contributed by atoms with Crippen molar-refractivity contribution in [2.24, 2.45) is 0 Å². The number of piperidine rings is 1. The summed E-state index contributed by atoms with van der Waals surface area (Å²) < 4.78 is 28.2. The molecule has 2 atom stereocenters. The van der Waals surface area contributed by atoms with Crippen LogP contribution >= 0.6 is 0 Å². The number of hydrogen-bond donors (Lipinski definition) is 4. The number of rotatable bonds is 7. The SMILES string of the molecule is O=c1c(Nc2cccnc2)cc2cnc(Nc3ccc(NC4CCCNC4)cc3)nc2n1C1Cc2ccccc2S(=O)(=O)C1. The molecule has 0 spiro atoms. The van der Waals surface area contributed by atoms with Crippen LogP contribution in [0.25, 0.3) is 11.0 Å². The van der Waals surface area contributed by atoms with Gasteiger partial charge in [0.15, 0.2) is 9.84 Å². The minimum Gasteiger partial charge on any atom is -0.381 e. The van der Waals surface area contributed by atoms with E-state index in [1.807, 2.05) is 30.3 Å². The topological polar surface area (TPSA) is 143 Å². The van der Waals surface area contributed by atoms with E-state index in [9.17, 15) is 13.2 Å². The number of aromatic nitrogens is 4. The van der Waals surface area contributed by atoms with Gasteiger partial charge in [0.1, 0.15) is 11.3 Å².